The van der Waals surface area contributed by atoms with Gasteiger partial charge < -0.3 is 24.8 Å². The summed E-state index contributed by atoms with van der Waals surface area (Å²) in [7, 11) is 5.70. The molecular weight excluding hydrogens is 526 g/mol. The number of pyridine rings is 2. The second kappa shape index (κ2) is 9.98. The highest BCUT2D eigenvalue weighted by Gasteiger charge is 2.41. The Balaban J connectivity index is 1.40. The number of aryl methyl sites for hydroxylation is 2. The second-order valence-corrected chi connectivity index (χ2v) is 11.6. The molecule has 5 heterocycles. The van der Waals surface area contributed by atoms with E-state index in [-0.39, 0.29) is 17.0 Å². The van der Waals surface area contributed by atoms with Crippen LogP contribution in [0, 0.1) is 6.92 Å². The lowest BCUT2D eigenvalue weighted by Crippen LogP contribution is -2.42. The molecule has 4 aromatic rings. The van der Waals surface area contributed by atoms with Crippen molar-refractivity contribution in [2.45, 2.75) is 31.7 Å². The zero-order valence-electron chi connectivity index (χ0n) is 23.3. The summed E-state index contributed by atoms with van der Waals surface area (Å²) in [5, 5.41) is 15.7. The number of nitrogens with zero attached hydrogens (tertiary/aromatic N) is 6. The minimum absolute atomic E-state index is 0.0620. The van der Waals surface area contributed by atoms with Crippen LogP contribution >= 0.6 is 11.6 Å². The average Bonchev–Trinajstić information content (AvgIpc) is 3.66. The largest absolute Gasteiger partial charge is 0.505 e. The summed E-state index contributed by atoms with van der Waals surface area (Å²) in [5.74, 6) is 0.955. The van der Waals surface area contributed by atoms with Crippen LogP contribution in [0.5, 0.6) is 5.75 Å². The predicted molar refractivity (Wildman–Crippen MR) is 160 cm³/mol. The number of imidazole rings is 1. The van der Waals surface area contributed by atoms with Gasteiger partial charge in [0, 0.05) is 75.2 Å². The monoisotopic (exact) mass is 559 g/mol. The van der Waals surface area contributed by atoms with Crippen LogP contribution in [0.1, 0.15) is 25.0 Å². The minimum Gasteiger partial charge on any atom is -0.505 e. The highest BCUT2D eigenvalue weighted by Crippen LogP contribution is 2.42. The van der Waals surface area contributed by atoms with Crippen LogP contribution in [0.4, 0.5) is 11.5 Å². The van der Waals surface area contributed by atoms with Crippen molar-refractivity contribution in [2.24, 2.45) is 7.05 Å². The normalized spacial score (nSPS) is 18.7. The Morgan fingerprint density at radius 1 is 1.10 bits per heavy atom. The number of nitrogens with one attached hydrogen (secondary N) is 1. The van der Waals surface area contributed by atoms with E-state index in [9.17, 15) is 9.90 Å². The second-order valence-electron chi connectivity index (χ2n) is 11.2. The standard InChI is InChI=1S/C30H34ClN7O2/c1-19-14-22(20-6-7-24(23(31)15-20)38-13-12-36(4)29(38)40)27(39)26(34-19)21-16-25(28(32-17-21)35(2)3)37-11-9-30(18-37)8-5-10-33-30/h6-7,12-17,33,39H,5,8-11,18H2,1-4H3. The summed E-state index contributed by atoms with van der Waals surface area (Å²) in [6.45, 7) is 4.87. The molecule has 0 radical (unpaired) electrons. The third-order valence-electron chi connectivity index (χ3n) is 8.16. The fourth-order valence-corrected chi connectivity index (χ4v) is 6.32. The van der Waals surface area contributed by atoms with Gasteiger partial charge in [0.1, 0.15) is 11.4 Å². The van der Waals surface area contributed by atoms with Crippen LogP contribution in [-0.4, -0.2) is 63.5 Å². The van der Waals surface area contributed by atoms with Gasteiger partial charge in [0.25, 0.3) is 0 Å². The molecule has 2 saturated heterocycles. The summed E-state index contributed by atoms with van der Waals surface area (Å²) in [6, 6.07) is 9.36. The lowest BCUT2D eigenvalue weighted by atomic mass is 9.97. The van der Waals surface area contributed by atoms with Crippen molar-refractivity contribution in [3.05, 3.63) is 70.1 Å². The Hall–Kier alpha value is -3.82. The number of aromatic hydroxyl groups is 1. The molecule has 208 valence electrons. The highest BCUT2D eigenvalue weighted by molar-refractivity contribution is 6.32. The van der Waals surface area contributed by atoms with Gasteiger partial charge in [0.05, 0.1) is 16.4 Å². The molecule has 0 aliphatic carbocycles. The van der Waals surface area contributed by atoms with Gasteiger partial charge in [-0.25, -0.2) is 14.8 Å². The summed E-state index contributed by atoms with van der Waals surface area (Å²) in [4.78, 5) is 26.4. The van der Waals surface area contributed by atoms with Gasteiger partial charge in [-0.15, -0.1) is 0 Å². The first kappa shape index (κ1) is 26.4. The smallest absolute Gasteiger partial charge is 0.332 e. The van der Waals surface area contributed by atoms with E-state index in [1.54, 1.807) is 37.8 Å². The van der Waals surface area contributed by atoms with Crippen molar-refractivity contribution in [2.75, 3.05) is 43.5 Å². The average molecular weight is 560 g/mol. The van der Waals surface area contributed by atoms with E-state index in [0.29, 0.717) is 22.0 Å². The van der Waals surface area contributed by atoms with Crippen molar-refractivity contribution in [1.82, 2.24) is 24.4 Å². The van der Waals surface area contributed by atoms with Crippen LogP contribution in [0.2, 0.25) is 5.02 Å². The minimum atomic E-state index is -0.184. The Labute approximate surface area is 238 Å². The third-order valence-corrected chi connectivity index (χ3v) is 8.46. The first-order valence-electron chi connectivity index (χ1n) is 13.6. The zero-order chi connectivity index (χ0) is 28.2. The topological polar surface area (TPSA) is 91.5 Å². The summed E-state index contributed by atoms with van der Waals surface area (Å²) in [6.07, 6.45) is 8.66. The van der Waals surface area contributed by atoms with Gasteiger partial charge in [-0.3, -0.25) is 4.57 Å². The summed E-state index contributed by atoms with van der Waals surface area (Å²) >= 11 is 6.64. The first-order chi connectivity index (χ1) is 19.2. The Morgan fingerprint density at radius 3 is 2.60 bits per heavy atom. The highest BCUT2D eigenvalue weighted by atomic mass is 35.5. The Morgan fingerprint density at radius 2 is 1.93 bits per heavy atom. The van der Waals surface area contributed by atoms with Crippen molar-refractivity contribution < 1.29 is 5.11 Å². The summed E-state index contributed by atoms with van der Waals surface area (Å²) < 4.78 is 2.99. The summed E-state index contributed by atoms with van der Waals surface area (Å²) in [5.41, 5.74) is 4.94. The molecule has 0 saturated carbocycles. The molecule has 40 heavy (non-hydrogen) atoms. The molecule has 9 nitrogen and oxygen atoms in total. The molecule has 2 fully saturated rings. The zero-order valence-corrected chi connectivity index (χ0v) is 24.0. The molecule has 2 aliphatic heterocycles. The van der Waals surface area contributed by atoms with Gasteiger partial charge in [-0.05, 0) is 62.6 Å². The van der Waals surface area contributed by atoms with Gasteiger partial charge in [0.2, 0.25) is 0 Å². The maximum Gasteiger partial charge on any atom is 0.332 e. The van der Waals surface area contributed by atoms with E-state index < -0.39 is 0 Å². The van der Waals surface area contributed by atoms with E-state index >= 15 is 0 Å². The number of halogens is 1. The molecule has 0 amide bonds. The first-order valence-corrected chi connectivity index (χ1v) is 14.0. The van der Waals surface area contributed by atoms with Crippen LogP contribution in [-0.2, 0) is 7.05 Å². The fraction of sp³-hybridized carbons (Fsp3) is 0.367. The molecular formula is C30H34ClN7O2. The lowest BCUT2D eigenvalue weighted by Gasteiger charge is -2.28. The van der Waals surface area contributed by atoms with Crippen LogP contribution < -0.4 is 20.8 Å². The number of benzene rings is 1. The van der Waals surface area contributed by atoms with Crippen molar-refractivity contribution >= 4 is 23.1 Å². The Kier molecular flexibility index (Phi) is 6.59. The quantitative estimate of drug-likeness (QED) is 0.375. The van der Waals surface area contributed by atoms with Crippen molar-refractivity contribution in [3.8, 4) is 33.8 Å². The SMILES string of the molecule is Cc1cc(-c2ccc(-n3ccn(C)c3=O)c(Cl)c2)c(O)c(-c2cnc(N(C)C)c(N3CCC4(CCCN4)C3)c2)n1. The molecule has 6 rings (SSSR count). The lowest BCUT2D eigenvalue weighted by molar-refractivity contribution is 0.419. The third kappa shape index (κ3) is 4.53. The van der Waals surface area contributed by atoms with E-state index in [4.69, 9.17) is 21.6 Å². The fourth-order valence-electron chi connectivity index (χ4n) is 6.05. The molecule has 2 N–H and O–H groups in total. The van der Waals surface area contributed by atoms with Crippen molar-refractivity contribution in [3.63, 3.8) is 0 Å². The number of anilines is 2. The van der Waals surface area contributed by atoms with E-state index in [2.05, 4.69) is 16.3 Å². The molecule has 1 atom stereocenters. The van der Waals surface area contributed by atoms with Gasteiger partial charge in [0.15, 0.2) is 5.82 Å². The maximum atomic E-state index is 12.4. The van der Waals surface area contributed by atoms with Gasteiger partial charge >= 0.3 is 5.69 Å². The van der Waals surface area contributed by atoms with Crippen LogP contribution in [0.3, 0.4) is 0 Å². The molecule has 1 unspecified atom stereocenters. The molecule has 2 aliphatic rings. The van der Waals surface area contributed by atoms with E-state index in [0.717, 1.165) is 54.4 Å². The van der Waals surface area contributed by atoms with Gasteiger partial charge in [-0.1, -0.05) is 17.7 Å². The molecule has 1 aromatic carbocycles. The molecule has 10 heteroatoms. The van der Waals surface area contributed by atoms with Gasteiger partial charge in [-0.2, -0.15) is 0 Å². The predicted octanol–water partition coefficient (Wildman–Crippen LogP) is 4.37. The number of hydrogen-bond donors (Lipinski definition) is 2. The van der Waals surface area contributed by atoms with E-state index in [1.165, 1.54) is 22.0 Å². The van der Waals surface area contributed by atoms with Crippen LogP contribution in [0.25, 0.3) is 28.1 Å². The van der Waals surface area contributed by atoms with E-state index in [1.807, 2.05) is 38.1 Å². The Bertz CT molecular complexity index is 1650. The maximum absolute atomic E-state index is 12.4. The number of hydrogen-bond acceptors (Lipinski definition) is 7. The van der Waals surface area contributed by atoms with Crippen molar-refractivity contribution in [1.29, 1.82) is 0 Å². The molecule has 1 spiro atoms. The molecule has 3 aromatic heterocycles. The molecule has 0 bridgehead atoms. The number of rotatable bonds is 5. The number of aromatic nitrogens is 4. The van der Waals surface area contributed by atoms with Crippen LogP contribution in [0.15, 0.2) is 53.7 Å².